The second-order valence-corrected chi connectivity index (χ2v) is 5.96. The second-order valence-electron chi connectivity index (χ2n) is 4.25. The highest BCUT2D eigenvalue weighted by Crippen LogP contribution is 2.38. The Labute approximate surface area is 133 Å². The number of nitrogen functional groups attached to an aromatic ring is 1. The zero-order valence-corrected chi connectivity index (χ0v) is 12.6. The molecule has 112 valence electrons. The van der Waals surface area contributed by atoms with Gasteiger partial charge >= 0.3 is 6.09 Å². The topological polar surface area (TPSA) is 120 Å². The van der Waals surface area contributed by atoms with Crippen molar-refractivity contribution < 1.29 is 9.53 Å². The summed E-state index contributed by atoms with van der Waals surface area (Å²) in [4.78, 5) is 23.0. The Bertz CT molecular complexity index is 845. The third-order valence-electron chi connectivity index (χ3n) is 2.76. The molecule has 0 aliphatic rings. The first-order valence-corrected chi connectivity index (χ1v) is 7.27. The van der Waals surface area contributed by atoms with E-state index in [-0.39, 0.29) is 5.95 Å². The largest absolute Gasteiger partial charge is 0.410 e. The highest BCUT2D eigenvalue weighted by Gasteiger charge is 2.17. The quantitative estimate of drug-likeness (QED) is 0.679. The summed E-state index contributed by atoms with van der Waals surface area (Å²) in [5, 5.41) is 0. The molecule has 0 saturated carbocycles. The lowest BCUT2D eigenvalue weighted by molar-refractivity contribution is 0.211. The van der Waals surface area contributed by atoms with Crippen LogP contribution in [-0.4, -0.2) is 21.0 Å². The molecule has 0 bridgehead atoms. The van der Waals surface area contributed by atoms with Crippen molar-refractivity contribution in [1.82, 2.24) is 15.0 Å². The van der Waals surface area contributed by atoms with Gasteiger partial charge in [0.25, 0.3) is 0 Å². The fourth-order valence-corrected chi connectivity index (χ4v) is 2.97. The average Bonchev–Trinajstić information content (AvgIpc) is 3.04. The van der Waals surface area contributed by atoms with Crippen molar-refractivity contribution >= 4 is 35.0 Å². The molecule has 0 aliphatic heterocycles. The molecule has 0 fully saturated rings. The van der Waals surface area contributed by atoms with Gasteiger partial charge in [0.15, 0.2) is 5.75 Å². The lowest BCUT2D eigenvalue weighted by Crippen LogP contribution is -2.16. The molecule has 0 radical (unpaired) electrons. The number of H-pyrrole nitrogens is 1. The normalized spacial score (nSPS) is 10.6. The Hall–Kier alpha value is -2.58. The number of ether oxygens (including phenoxy) is 1. The number of hydrogen-bond donors (Lipinski definition) is 3. The van der Waals surface area contributed by atoms with Crippen LogP contribution in [-0.2, 0) is 0 Å². The van der Waals surface area contributed by atoms with Crippen molar-refractivity contribution in [2.45, 2.75) is 0 Å². The van der Waals surface area contributed by atoms with E-state index in [9.17, 15) is 4.79 Å². The van der Waals surface area contributed by atoms with E-state index in [1.807, 2.05) is 6.07 Å². The maximum absolute atomic E-state index is 11.1. The molecule has 0 spiro atoms. The van der Waals surface area contributed by atoms with Crippen LogP contribution >= 0.6 is 22.9 Å². The van der Waals surface area contributed by atoms with Gasteiger partial charge in [-0.2, -0.15) is 0 Å². The van der Waals surface area contributed by atoms with Gasteiger partial charge in [-0.25, -0.2) is 14.8 Å². The number of thiophene rings is 1. The Balaban J connectivity index is 2.10. The number of nitrogens with one attached hydrogen (secondary N) is 1. The van der Waals surface area contributed by atoms with Gasteiger partial charge in [0.1, 0.15) is 0 Å². The van der Waals surface area contributed by atoms with Crippen LogP contribution < -0.4 is 16.2 Å². The van der Waals surface area contributed by atoms with Gasteiger partial charge in [-0.15, -0.1) is 11.3 Å². The van der Waals surface area contributed by atoms with Crippen molar-refractivity contribution in [2.24, 2.45) is 5.73 Å². The van der Waals surface area contributed by atoms with Gasteiger partial charge in [0, 0.05) is 12.3 Å². The molecule has 7 nitrogen and oxygen atoms in total. The van der Waals surface area contributed by atoms with Gasteiger partial charge < -0.3 is 21.2 Å². The molecule has 3 heterocycles. The monoisotopic (exact) mass is 335 g/mol. The van der Waals surface area contributed by atoms with Gasteiger partial charge in [0.05, 0.1) is 26.3 Å². The smallest absolute Gasteiger partial charge is 0.408 e. The van der Waals surface area contributed by atoms with Crippen LogP contribution in [0.5, 0.6) is 5.75 Å². The first-order chi connectivity index (χ1) is 10.5. The molecular weight excluding hydrogens is 326 g/mol. The molecule has 9 heteroatoms. The predicted molar refractivity (Wildman–Crippen MR) is 84.8 cm³/mol. The standard InChI is InChI=1S/C13H10ClN5O2S/c14-10-2-1-9(22-10)11-8(21-13(16)20)5-7(18-11)6-3-4-17-12(15)19-6/h1-5,18H,(H2,16,20)(H2,15,17,19). The third kappa shape index (κ3) is 2.87. The van der Waals surface area contributed by atoms with Crippen molar-refractivity contribution in [3.05, 3.63) is 34.8 Å². The van der Waals surface area contributed by atoms with Crippen LogP contribution in [0.4, 0.5) is 10.7 Å². The summed E-state index contributed by atoms with van der Waals surface area (Å²) in [6.45, 7) is 0. The summed E-state index contributed by atoms with van der Waals surface area (Å²) in [5.74, 6) is 0.434. The molecule has 1 amide bonds. The number of carbonyl (C=O) groups excluding carboxylic acids is 1. The van der Waals surface area contributed by atoms with Crippen LogP contribution in [0.15, 0.2) is 30.5 Å². The lowest BCUT2D eigenvalue weighted by atomic mass is 10.3. The van der Waals surface area contributed by atoms with Gasteiger partial charge in [-0.05, 0) is 18.2 Å². The van der Waals surface area contributed by atoms with E-state index >= 15 is 0 Å². The summed E-state index contributed by atoms with van der Waals surface area (Å²) in [6, 6.07) is 6.86. The second kappa shape index (κ2) is 5.66. The molecule has 0 aromatic carbocycles. The van der Waals surface area contributed by atoms with E-state index < -0.39 is 6.09 Å². The number of anilines is 1. The van der Waals surface area contributed by atoms with Crippen molar-refractivity contribution in [1.29, 1.82) is 0 Å². The Morgan fingerprint density at radius 3 is 2.82 bits per heavy atom. The van der Waals surface area contributed by atoms with Crippen LogP contribution in [0.1, 0.15) is 0 Å². The third-order valence-corrected chi connectivity index (χ3v) is 4.01. The molecule has 3 aromatic rings. The zero-order valence-electron chi connectivity index (χ0n) is 11.0. The number of aromatic amines is 1. The molecule has 0 saturated heterocycles. The number of aromatic nitrogens is 3. The Morgan fingerprint density at radius 2 is 2.18 bits per heavy atom. The average molecular weight is 336 g/mol. The molecule has 3 rings (SSSR count). The summed E-state index contributed by atoms with van der Waals surface area (Å²) in [6.07, 6.45) is 0.631. The van der Waals surface area contributed by atoms with E-state index in [1.165, 1.54) is 17.5 Å². The van der Waals surface area contributed by atoms with Crippen molar-refractivity contribution in [3.8, 4) is 27.7 Å². The molecule has 0 unspecified atom stereocenters. The molecule has 0 atom stereocenters. The van der Waals surface area contributed by atoms with Gasteiger partial charge in [-0.3, -0.25) is 0 Å². The van der Waals surface area contributed by atoms with E-state index in [1.54, 1.807) is 18.2 Å². The fourth-order valence-electron chi connectivity index (χ4n) is 1.92. The van der Waals surface area contributed by atoms with Gasteiger partial charge in [-0.1, -0.05) is 11.6 Å². The SMILES string of the molecule is NC(=O)Oc1cc(-c2ccnc(N)n2)[nH]c1-c1ccc(Cl)s1. The molecule has 0 aliphatic carbocycles. The predicted octanol–water partition coefficient (Wildman–Crippen LogP) is 2.89. The van der Waals surface area contributed by atoms with Crippen LogP contribution in [0.3, 0.4) is 0 Å². The summed E-state index contributed by atoms with van der Waals surface area (Å²) < 4.78 is 5.65. The first-order valence-electron chi connectivity index (χ1n) is 6.08. The summed E-state index contributed by atoms with van der Waals surface area (Å²) >= 11 is 7.29. The number of amides is 1. The number of nitrogens with zero attached hydrogens (tertiary/aromatic N) is 2. The van der Waals surface area contributed by atoms with E-state index in [0.717, 1.165) is 4.88 Å². The van der Waals surface area contributed by atoms with E-state index in [2.05, 4.69) is 15.0 Å². The van der Waals surface area contributed by atoms with Crippen LogP contribution in [0, 0.1) is 0 Å². The Kier molecular flexibility index (Phi) is 3.70. The fraction of sp³-hybridized carbons (Fsp3) is 0. The van der Waals surface area contributed by atoms with E-state index in [4.69, 9.17) is 27.8 Å². The number of rotatable bonds is 3. The minimum absolute atomic E-state index is 0.144. The molecule has 22 heavy (non-hydrogen) atoms. The maximum atomic E-state index is 11.1. The Morgan fingerprint density at radius 1 is 1.36 bits per heavy atom. The summed E-state index contributed by atoms with van der Waals surface area (Å²) in [7, 11) is 0. The number of carbonyl (C=O) groups is 1. The summed E-state index contributed by atoms with van der Waals surface area (Å²) in [5.41, 5.74) is 12.5. The van der Waals surface area contributed by atoms with Gasteiger partial charge in [0.2, 0.25) is 5.95 Å². The van der Waals surface area contributed by atoms with E-state index in [0.29, 0.717) is 27.2 Å². The number of nitrogens with two attached hydrogens (primary N) is 2. The van der Waals surface area contributed by atoms with Crippen LogP contribution in [0.25, 0.3) is 22.0 Å². The number of primary amides is 1. The molecular formula is C13H10ClN5O2S. The number of hydrogen-bond acceptors (Lipinski definition) is 6. The maximum Gasteiger partial charge on any atom is 0.410 e. The van der Waals surface area contributed by atoms with Crippen molar-refractivity contribution in [2.75, 3.05) is 5.73 Å². The van der Waals surface area contributed by atoms with Crippen molar-refractivity contribution in [3.63, 3.8) is 0 Å². The highest BCUT2D eigenvalue weighted by molar-refractivity contribution is 7.19. The minimum Gasteiger partial charge on any atom is -0.408 e. The molecule has 3 aromatic heterocycles. The minimum atomic E-state index is -0.906. The highest BCUT2D eigenvalue weighted by atomic mass is 35.5. The molecule has 5 N–H and O–H groups in total. The number of halogens is 1. The lowest BCUT2D eigenvalue weighted by Gasteiger charge is -2.00. The van der Waals surface area contributed by atoms with Crippen LogP contribution in [0.2, 0.25) is 4.34 Å². The zero-order chi connectivity index (χ0) is 15.7. The first kappa shape index (κ1) is 14.4.